The minimum Gasteiger partial charge on any atom is -0.478 e. The number of alkyl carbamates (subject to hydrolysis) is 1. The number of nitrogens with one attached hydrogen (secondary N) is 3. The van der Waals surface area contributed by atoms with Gasteiger partial charge in [-0.2, -0.15) is 4.31 Å². The number of hydrogen-bond acceptors (Lipinski definition) is 15. The summed E-state index contributed by atoms with van der Waals surface area (Å²) in [7, 11) is -9.44. The molecule has 1 unspecified atom stereocenters. The number of phosphoric acid groups is 2. The van der Waals surface area contributed by atoms with Gasteiger partial charge in [-0.1, -0.05) is 11.1 Å². The highest BCUT2D eigenvalue weighted by atomic mass is 31.3. The molecule has 4 aliphatic rings. The lowest BCUT2D eigenvalue weighted by atomic mass is 9.86. The number of nitrogens with two attached hydrogens (primary N) is 1. The van der Waals surface area contributed by atoms with Gasteiger partial charge in [0.05, 0.1) is 25.3 Å². The van der Waals surface area contributed by atoms with Crippen LogP contribution in [0, 0.1) is 0 Å². The molecule has 2 aromatic heterocycles. The largest absolute Gasteiger partial charge is 0.481 e. The van der Waals surface area contributed by atoms with E-state index < -0.39 is 70.3 Å². The number of amides is 2. The summed E-state index contributed by atoms with van der Waals surface area (Å²) >= 11 is 0. The van der Waals surface area contributed by atoms with Crippen LogP contribution in [-0.2, 0) is 47.3 Å². The van der Waals surface area contributed by atoms with Gasteiger partial charge in [-0.3, -0.25) is 23.7 Å². The molecule has 9 rings (SSSR count). The van der Waals surface area contributed by atoms with Crippen LogP contribution in [0.3, 0.4) is 0 Å². The molecule has 1 saturated heterocycles. The molecule has 6 heterocycles. The molecule has 25 nitrogen and oxygen atoms in total. The number of benzene rings is 3. The van der Waals surface area contributed by atoms with Gasteiger partial charge >= 0.3 is 33.4 Å². The summed E-state index contributed by atoms with van der Waals surface area (Å²) in [5.74, 6) is -0.995. The summed E-state index contributed by atoms with van der Waals surface area (Å²) in [6, 6.07) is 12.8. The number of aryl methyl sites for hydroxylation is 3. The van der Waals surface area contributed by atoms with Crippen LogP contribution in [-0.4, -0.2) is 122 Å². The van der Waals surface area contributed by atoms with Crippen molar-refractivity contribution in [3.05, 3.63) is 103 Å². The number of aromatic amines is 1. The van der Waals surface area contributed by atoms with Crippen molar-refractivity contribution in [2.75, 3.05) is 56.5 Å². The van der Waals surface area contributed by atoms with E-state index in [1.807, 2.05) is 12.1 Å². The van der Waals surface area contributed by atoms with E-state index in [-0.39, 0.29) is 41.3 Å². The Morgan fingerprint density at radius 1 is 1.00 bits per heavy atom. The van der Waals surface area contributed by atoms with Crippen molar-refractivity contribution in [1.82, 2.24) is 29.7 Å². The molecule has 10 N–H and O–H groups in total. The van der Waals surface area contributed by atoms with Crippen LogP contribution >= 0.6 is 15.6 Å². The highest BCUT2D eigenvalue weighted by Crippen LogP contribution is 2.57. The lowest BCUT2D eigenvalue weighted by molar-refractivity contribution is -0.745. The number of anilines is 2. The molecule has 72 heavy (non-hydrogen) atoms. The molecule has 0 aliphatic carbocycles. The summed E-state index contributed by atoms with van der Waals surface area (Å²) < 4.78 is 54.8. The van der Waals surface area contributed by atoms with Gasteiger partial charge in [0.25, 0.3) is 17.4 Å². The molecule has 0 bridgehead atoms. The fourth-order valence-corrected chi connectivity index (χ4v) is 11.4. The van der Waals surface area contributed by atoms with Gasteiger partial charge in [0, 0.05) is 71.8 Å². The number of carbonyl (C=O) groups is 3. The molecule has 1 fully saturated rings. The molecule has 5 aromatic rings. The highest BCUT2D eigenvalue weighted by molar-refractivity contribution is 7.60. The first-order chi connectivity index (χ1) is 34.2. The van der Waals surface area contributed by atoms with E-state index in [1.165, 1.54) is 34.6 Å². The molecular formula is C45H53N9O16P2+2. The standard InChI is InChI=1S/C45H51N9O16P2/c1-4-52-14-6-8-23-16-28-32(19-30(23)52)67-33-20-31-24(9-7-15-53(31)5-2)17-29(33)35(28)26-11-10-25(18-27(26)43(58)59)40(56)47-12-13-48-45(60)69-38-37(55)34(21-66-72(64,65)70-71(61,62)63)68-42(38)54-22-51(3)36-39(54)49-44(46)50-41(36)57/h10-11,16-20,22,34,37-38,42,55H,4-9,12-15,21H2,1-3H3,(H7-2,46,47,48,49,50,56,57,58,59,60,61,62,63,64,65)/p+2/t34-,37-,38-,42-/m1/s1. The number of carboxylic acid groups (broad SMARTS) is 1. The second kappa shape index (κ2) is 19.8. The zero-order chi connectivity index (χ0) is 51.4. The Morgan fingerprint density at radius 3 is 2.50 bits per heavy atom. The summed E-state index contributed by atoms with van der Waals surface area (Å²) in [4.78, 5) is 89.5. The zero-order valence-corrected chi connectivity index (χ0v) is 40.9. The van der Waals surface area contributed by atoms with Crippen LogP contribution in [0.5, 0.6) is 11.5 Å². The number of phosphoric ester groups is 1. The molecule has 2 amide bonds. The van der Waals surface area contributed by atoms with Crippen LogP contribution in [0.15, 0.2) is 53.6 Å². The monoisotopic (exact) mass is 1040 g/mol. The van der Waals surface area contributed by atoms with Crippen molar-refractivity contribution in [2.45, 2.75) is 64.1 Å². The number of aromatic carboxylic acids is 1. The van der Waals surface area contributed by atoms with Crippen LogP contribution in [0.25, 0.3) is 16.7 Å². The lowest BCUT2D eigenvalue weighted by Gasteiger charge is -2.32. The minimum absolute atomic E-state index is 0.0115. The number of aliphatic hydroxyl groups is 1. The molecule has 27 heteroatoms. The van der Waals surface area contributed by atoms with E-state index >= 15 is 0 Å². The van der Waals surface area contributed by atoms with Gasteiger partial charge in [0.2, 0.25) is 17.1 Å². The van der Waals surface area contributed by atoms with E-state index in [0.29, 0.717) is 22.6 Å². The average Bonchev–Trinajstić information content (AvgIpc) is 3.82. The zero-order valence-electron chi connectivity index (χ0n) is 39.1. The Bertz CT molecular complexity index is 3340. The molecule has 382 valence electrons. The van der Waals surface area contributed by atoms with Gasteiger partial charge in [-0.25, -0.2) is 27.9 Å². The lowest BCUT2D eigenvalue weighted by Crippen LogP contribution is -2.49. The van der Waals surface area contributed by atoms with Crippen LogP contribution in [0.4, 0.5) is 16.4 Å². The minimum atomic E-state index is -5.51. The molecule has 0 spiro atoms. The van der Waals surface area contributed by atoms with Gasteiger partial charge in [0.1, 0.15) is 36.8 Å². The number of rotatable bonds is 15. The maximum Gasteiger partial charge on any atom is 0.481 e. The van der Waals surface area contributed by atoms with E-state index in [4.69, 9.17) is 29.7 Å². The molecular weight excluding hydrogens is 984 g/mol. The van der Waals surface area contributed by atoms with Gasteiger partial charge in [-0.15, -0.1) is 0 Å². The first-order valence-corrected chi connectivity index (χ1v) is 26.1. The van der Waals surface area contributed by atoms with Crippen LogP contribution in [0.2, 0.25) is 0 Å². The number of carbonyl (C=O) groups excluding carboxylic acids is 2. The first-order valence-electron chi connectivity index (χ1n) is 23.1. The number of H-pyrrole nitrogens is 1. The van der Waals surface area contributed by atoms with Crippen molar-refractivity contribution in [2.24, 2.45) is 7.05 Å². The Hall–Kier alpha value is -6.53. The van der Waals surface area contributed by atoms with E-state index in [1.54, 1.807) is 6.07 Å². The molecule has 0 radical (unpaired) electrons. The number of aliphatic hydroxyl groups excluding tert-OH is 1. The molecule has 0 saturated carbocycles. The van der Waals surface area contributed by atoms with Gasteiger partial charge in [0.15, 0.2) is 12.4 Å². The quantitative estimate of drug-likeness (QED) is 0.0382. The average molecular weight is 1040 g/mol. The molecule has 4 aliphatic heterocycles. The second-order valence-electron chi connectivity index (χ2n) is 17.6. The van der Waals surface area contributed by atoms with Crippen molar-refractivity contribution < 1.29 is 76.0 Å². The third-order valence-electron chi connectivity index (χ3n) is 13.0. The fraction of sp³-hybridized carbons (Fsp3) is 0.400. The van der Waals surface area contributed by atoms with Crippen molar-refractivity contribution in [3.63, 3.8) is 0 Å². The van der Waals surface area contributed by atoms with Crippen LogP contribution in [0.1, 0.15) is 75.9 Å². The van der Waals surface area contributed by atoms with E-state index in [9.17, 15) is 43.4 Å². The third-order valence-corrected chi connectivity index (χ3v) is 15.2. The Balaban J connectivity index is 0.938. The van der Waals surface area contributed by atoms with E-state index in [2.05, 4.69) is 64.9 Å². The van der Waals surface area contributed by atoms with Crippen LogP contribution < -0.4 is 51.3 Å². The maximum absolute atomic E-state index is 13.6. The molecule has 3 aromatic carbocycles. The third kappa shape index (κ3) is 9.99. The van der Waals surface area contributed by atoms with Crippen molar-refractivity contribution >= 4 is 62.0 Å². The summed E-state index contributed by atoms with van der Waals surface area (Å²) in [5, 5.41) is 29.0. The summed E-state index contributed by atoms with van der Waals surface area (Å²) in [6.45, 7) is 6.22. The smallest absolute Gasteiger partial charge is 0.478 e. The number of nitrogen functional groups attached to an aromatic ring is 1. The van der Waals surface area contributed by atoms with Crippen molar-refractivity contribution in [3.8, 4) is 11.5 Å². The number of hydrogen-bond donors (Lipinski definition) is 9. The van der Waals surface area contributed by atoms with Gasteiger partial charge < -0.3 is 60.4 Å². The highest BCUT2D eigenvalue weighted by Gasteiger charge is 2.51. The number of aromatic nitrogens is 4. The number of imidazole rings is 1. The Morgan fingerprint density at radius 2 is 1.76 bits per heavy atom. The normalized spacial score (nSPS) is 20.2. The number of nitrogens with zero attached hydrogens (tertiary/aromatic N) is 5. The summed E-state index contributed by atoms with van der Waals surface area (Å²) in [5.41, 5.74) is 10.1. The summed E-state index contributed by atoms with van der Waals surface area (Å²) in [6.07, 6.45) is -2.85. The predicted octanol–water partition coefficient (Wildman–Crippen LogP) is 0.422. The fourth-order valence-electron chi connectivity index (χ4n) is 9.83. The first kappa shape index (κ1) is 50.4. The predicted molar refractivity (Wildman–Crippen MR) is 254 cm³/mol. The number of fused-ring (bicyclic) bond motifs is 5. The van der Waals surface area contributed by atoms with Crippen molar-refractivity contribution in [1.29, 1.82) is 0 Å². The number of carboxylic acids is 1. The topological polar surface area (TPSA) is 344 Å². The van der Waals surface area contributed by atoms with Gasteiger partial charge in [-0.05, 0) is 68.5 Å². The number of ether oxygens (including phenoxy) is 3. The Kier molecular flexibility index (Phi) is 13.9. The second-order valence-corrected chi connectivity index (χ2v) is 20.4. The SMILES string of the molecule is CCN1CCCc2cc3c(cc21)Oc1cc2c(cc1=C3c1ccc(C(=O)NCCNC(=O)O[C@@H]3[C@H](O)[C@@H](COP(=O)(O)OP(=O)(O)O)O[C@H]3[n+]3cn(C)c4c(=O)[nH]c(N)nc43)cc1C(=O)O)CCC[N+]=2CC. The maximum atomic E-state index is 13.6. The van der Waals surface area contributed by atoms with E-state index in [0.717, 1.165) is 84.8 Å². The molecule has 5 atom stereocenters. The Labute approximate surface area is 408 Å².